The number of carbonyl (C=O) groups excluding carboxylic acids is 1. The first kappa shape index (κ1) is 18.4. The molecule has 0 atom stereocenters. The lowest BCUT2D eigenvalue weighted by molar-refractivity contribution is -0.131. The van der Waals surface area contributed by atoms with E-state index in [1.54, 1.807) is 0 Å². The fourth-order valence-corrected chi connectivity index (χ4v) is 2.19. The molecule has 0 saturated heterocycles. The highest BCUT2D eigenvalue weighted by Gasteiger charge is 2.10. The van der Waals surface area contributed by atoms with E-state index in [2.05, 4.69) is 6.92 Å². The number of nitrogens with two attached hydrogens (primary N) is 1. The Bertz CT molecular complexity index is 257. The molecule has 0 aliphatic rings. The number of rotatable bonds is 12. The Labute approximate surface area is 123 Å². The molecule has 0 aliphatic heterocycles. The molecule has 0 aromatic rings. The lowest BCUT2D eigenvalue weighted by atomic mass is 10.1. The van der Waals surface area contributed by atoms with E-state index in [1.807, 2.05) is 11.8 Å². The van der Waals surface area contributed by atoms with E-state index in [4.69, 9.17) is 18.0 Å². The second-order valence-electron chi connectivity index (χ2n) is 5.06. The molecule has 2 N–H and O–H groups in total. The van der Waals surface area contributed by atoms with Crippen LogP contribution in [0.5, 0.6) is 0 Å². The number of unbranched alkanes of at least 4 members (excludes halogenated alkanes) is 6. The van der Waals surface area contributed by atoms with E-state index in [0.29, 0.717) is 24.4 Å². The van der Waals surface area contributed by atoms with Gasteiger partial charge in [-0.2, -0.15) is 0 Å². The fourth-order valence-electron chi connectivity index (χ4n) is 2.10. The molecule has 1 amide bonds. The Morgan fingerprint density at radius 2 is 1.58 bits per heavy atom. The van der Waals surface area contributed by atoms with E-state index >= 15 is 0 Å². The van der Waals surface area contributed by atoms with Gasteiger partial charge in [0.1, 0.15) is 0 Å². The van der Waals surface area contributed by atoms with Crippen LogP contribution in [0, 0.1) is 0 Å². The normalized spacial score (nSPS) is 10.4. The van der Waals surface area contributed by atoms with Crippen LogP contribution in [0.25, 0.3) is 0 Å². The first-order valence-electron chi connectivity index (χ1n) is 7.67. The standard InChI is InChI=1S/C15H30N2OS/c1-3-5-6-7-8-9-10-11-15(18)17(4-2)13-12-14(16)19/h3-13H2,1-2H3,(H2,16,19). The maximum absolute atomic E-state index is 12.0. The molecule has 0 heterocycles. The topological polar surface area (TPSA) is 46.3 Å². The predicted octanol–water partition coefficient (Wildman–Crippen LogP) is 3.65. The summed E-state index contributed by atoms with van der Waals surface area (Å²) in [5.41, 5.74) is 5.47. The summed E-state index contributed by atoms with van der Waals surface area (Å²) in [6, 6.07) is 0. The van der Waals surface area contributed by atoms with Gasteiger partial charge < -0.3 is 10.6 Å². The third kappa shape index (κ3) is 10.9. The van der Waals surface area contributed by atoms with Gasteiger partial charge in [0, 0.05) is 25.9 Å². The number of amides is 1. The van der Waals surface area contributed by atoms with Gasteiger partial charge in [0.05, 0.1) is 4.99 Å². The molecule has 0 saturated carbocycles. The average molecular weight is 286 g/mol. The molecule has 0 aromatic carbocycles. The maximum atomic E-state index is 12.0. The molecule has 0 fully saturated rings. The van der Waals surface area contributed by atoms with E-state index < -0.39 is 0 Å². The van der Waals surface area contributed by atoms with Crippen LogP contribution in [-0.2, 0) is 4.79 Å². The van der Waals surface area contributed by atoms with Crippen LogP contribution in [-0.4, -0.2) is 28.9 Å². The third-order valence-corrected chi connectivity index (χ3v) is 3.56. The van der Waals surface area contributed by atoms with Crippen LogP contribution in [0.3, 0.4) is 0 Å². The quantitative estimate of drug-likeness (QED) is 0.440. The average Bonchev–Trinajstić information content (AvgIpc) is 2.38. The maximum Gasteiger partial charge on any atom is 0.222 e. The minimum atomic E-state index is 0.243. The highest BCUT2D eigenvalue weighted by Crippen LogP contribution is 2.09. The van der Waals surface area contributed by atoms with Crippen molar-refractivity contribution in [1.82, 2.24) is 4.90 Å². The van der Waals surface area contributed by atoms with Crippen molar-refractivity contribution in [3.63, 3.8) is 0 Å². The molecule has 0 aromatic heterocycles. The van der Waals surface area contributed by atoms with Crippen molar-refractivity contribution < 1.29 is 4.79 Å². The Kier molecular flexibility index (Phi) is 12.0. The minimum absolute atomic E-state index is 0.243. The van der Waals surface area contributed by atoms with Crippen LogP contribution in [0.4, 0.5) is 0 Å². The van der Waals surface area contributed by atoms with Gasteiger partial charge in [-0.25, -0.2) is 0 Å². The first-order chi connectivity index (χ1) is 9.11. The molecule has 0 radical (unpaired) electrons. The Balaban J connectivity index is 3.61. The number of carbonyl (C=O) groups is 1. The molecule has 0 spiro atoms. The van der Waals surface area contributed by atoms with Gasteiger partial charge in [-0.05, 0) is 13.3 Å². The second-order valence-corrected chi connectivity index (χ2v) is 5.59. The van der Waals surface area contributed by atoms with E-state index in [-0.39, 0.29) is 5.91 Å². The monoisotopic (exact) mass is 286 g/mol. The number of nitrogens with zero attached hydrogens (tertiary/aromatic N) is 1. The van der Waals surface area contributed by atoms with Gasteiger partial charge >= 0.3 is 0 Å². The Morgan fingerprint density at radius 3 is 2.11 bits per heavy atom. The summed E-state index contributed by atoms with van der Waals surface area (Å²) in [7, 11) is 0. The van der Waals surface area contributed by atoms with Crippen molar-refractivity contribution in [3.05, 3.63) is 0 Å². The summed E-state index contributed by atoms with van der Waals surface area (Å²) in [5, 5.41) is 0. The summed E-state index contributed by atoms with van der Waals surface area (Å²) in [6.07, 6.45) is 9.99. The van der Waals surface area contributed by atoms with E-state index in [1.165, 1.54) is 38.5 Å². The van der Waals surface area contributed by atoms with Gasteiger partial charge in [0.15, 0.2) is 0 Å². The molecule has 112 valence electrons. The fraction of sp³-hybridized carbons (Fsp3) is 0.867. The van der Waals surface area contributed by atoms with Crippen LogP contribution in [0.1, 0.15) is 71.6 Å². The lowest BCUT2D eigenvalue weighted by Crippen LogP contribution is -2.33. The summed E-state index contributed by atoms with van der Waals surface area (Å²) in [5.74, 6) is 0.243. The van der Waals surface area contributed by atoms with Crippen LogP contribution >= 0.6 is 12.2 Å². The van der Waals surface area contributed by atoms with Crippen LogP contribution < -0.4 is 5.73 Å². The third-order valence-electron chi connectivity index (χ3n) is 3.36. The Hall–Kier alpha value is -0.640. The zero-order valence-electron chi connectivity index (χ0n) is 12.6. The minimum Gasteiger partial charge on any atom is -0.393 e. The second kappa shape index (κ2) is 12.4. The molecule has 3 nitrogen and oxygen atoms in total. The highest BCUT2D eigenvalue weighted by molar-refractivity contribution is 7.80. The predicted molar refractivity (Wildman–Crippen MR) is 86.3 cm³/mol. The van der Waals surface area contributed by atoms with Crippen molar-refractivity contribution in [2.45, 2.75) is 71.6 Å². The molecule has 0 unspecified atom stereocenters. The van der Waals surface area contributed by atoms with Crippen LogP contribution in [0.2, 0.25) is 0 Å². The number of hydrogen-bond donors (Lipinski definition) is 1. The molecule has 0 rings (SSSR count). The van der Waals surface area contributed by atoms with Gasteiger partial charge in [0.25, 0.3) is 0 Å². The SMILES string of the molecule is CCCCCCCCCC(=O)N(CC)CCC(N)=S. The van der Waals surface area contributed by atoms with Gasteiger partial charge in [-0.15, -0.1) is 0 Å². The van der Waals surface area contributed by atoms with Crippen molar-refractivity contribution in [1.29, 1.82) is 0 Å². The smallest absolute Gasteiger partial charge is 0.222 e. The lowest BCUT2D eigenvalue weighted by Gasteiger charge is -2.20. The summed E-state index contributed by atoms with van der Waals surface area (Å²) >= 11 is 4.84. The van der Waals surface area contributed by atoms with Crippen molar-refractivity contribution in [2.24, 2.45) is 5.73 Å². The van der Waals surface area contributed by atoms with Crippen molar-refractivity contribution >= 4 is 23.1 Å². The van der Waals surface area contributed by atoms with E-state index in [0.717, 1.165) is 13.0 Å². The summed E-state index contributed by atoms with van der Waals surface area (Å²) in [6.45, 7) is 5.65. The number of hydrogen-bond acceptors (Lipinski definition) is 2. The Morgan fingerprint density at radius 1 is 1.00 bits per heavy atom. The van der Waals surface area contributed by atoms with Gasteiger partial charge in [0.2, 0.25) is 5.91 Å². The van der Waals surface area contributed by atoms with Crippen molar-refractivity contribution in [2.75, 3.05) is 13.1 Å². The van der Waals surface area contributed by atoms with Gasteiger partial charge in [-0.3, -0.25) is 4.79 Å². The van der Waals surface area contributed by atoms with Crippen molar-refractivity contribution in [3.8, 4) is 0 Å². The van der Waals surface area contributed by atoms with Crippen LogP contribution in [0.15, 0.2) is 0 Å². The highest BCUT2D eigenvalue weighted by atomic mass is 32.1. The van der Waals surface area contributed by atoms with E-state index in [9.17, 15) is 4.79 Å². The number of thiocarbonyl (C=S) groups is 1. The zero-order valence-corrected chi connectivity index (χ0v) is 13.4. The summed E-state index contributed by atoms with van der Waals surface area (Å²) < 4.78 is 0. The summed E-state index contributed by atoms with van der Waals surface area (Å²) in [4.78, 5) is 14.3. The zero-order chi connectivity index (χ0) is 14.5. The first-order valence-corrected chi connectivity index (χ1v) is 8.08. The van der Waals surface area contributed by atoms with Gasteiger partial charge in [-0.1, -0.05) is 57.7 Å². The molecule has 0 aliphatic carbocycles. The largest absolute Gasteiger partial charge is 0.393 e. The molecular formula is C15H30N2OS. The molecule has 19 heavy (non-hydrogen) atoms. The molecule has 4 heteroatoms. The molecular weight excluding hydrogens is 256 g/mol. The molecule has 0 bridgehead atoms.